The van der Waals surface area contributed by atoms with Gasteiger partial charge in [0.2, 0.25) is 0 Å². The van der Waals surface area contributed by atoms with Crippen molar-refractivity contribution in [2.45, 2.75) is 12.5 Å². The summed E-state index contributed by atoms with van der Waals surface area (Å²) in [5.74, 6) is 0.352. The van der Waals surface area contributed by atoms with Crippen molar-refractivity contribution in [1.82, 2.24) is 19.4 Å². The topological polar surface area (TPSA) is 103 Å². The highest BCUT2D eigenvalue weighted by Gasteiger charge is 2.27. The van der Waals surface area contributed by atoms with E-state index in [4.69, 9.17) is 11.5 Å². The number of aryl methyl sites for hydroxylation is 1. The van der Waals surface area contributed by atoms with Gasteiger partial charge in [-0.05, 0) is 12.5 Å². The second-order valence-corrected chi connectivity index (χ2v) is 4.88. The first kappa shape index (κ1) is 11.9. The standard InChI is InChI=1S/C12H16N6O/c1-17-9(12(19)18-3-2-7(13)5-18)4-8-10(14)15-6-16-11(8)17/h4,6-7H,2-3,5,13H2,1H3,(H2,14,15,16). The third-order valence-electron chi connectivity index (χ3n) is 3.58. The number of rotatable bonds is 1. The van der Waals surface area contributed by atoms with Crippen LogP contribution in [0.25, 0.3) is 11.0 Å². The summed E-state index contributed by atoms with van der Waals surface area (Å²) in [4.78, 5) is 22.3. The molecule has 3 rings (SSSR count). The van der Waals surface area contributed by atoms with Crippen LogP contribution in [0, 0.1) is 0 Å². The zero-order valence-corrected chi connectivity index (χ0v) is 10.7. The van der Waals surface area contributed by atoms with Crippen molar-refractivity contribution in [2.75, 3.05) is 18.8 Å². The Morgan fingerprint density at radius 3 is 2.89 bits per heavy atom. The fourth-order valence-corrected chi connectivity index (χ4v) is 2.49. The fourth-order valence-electron chi connectivity index (χ4n) is 2.49. The molecule has 0 radical (unpaired) electrons. The minimum absolute atomic E-state index is 0.0344. The van der Waals surface area contributed by atoms with E-state index in [1.165, 1.54) is 6.33 Å². The summed E-state index contributed by atoms with van der Waals surface area (Å²) < 4.78 is 1.75. The Kier molecular flexibility index (Phi) is 2.63. The number of nitrogens with zero attached hydrogens (tertiary/aromatic N) is 4. The number of carbonyl (C=O) groups is 1. The van der Waals surface area contributed by atoms with Crippen LogP contribution in [0.4, 0.5) is 5.82 Å². The summed E-state index contributed by atoms with van der Waals surface area (Å²) in [7, 11) is 1.80. The minimum atomic E-state index is -0.0344. The molecule has 0 bridgehead atoms. The van der Waals surface area contributed by atoms with Crippen molar-refractivity contribution in [2.24, 2.45) is 12.8 Å². The van der Waals surface area contributed by atoms with Gasteiger partial charge in [-0.1, -0.05) is 0 Å². The summed E-state index contributed by atoms with van der Waals surface area (Å²) in [6, 6.07) is 1.82. The molecule has 0 spiro atoms. The lowest BCUT2D eigenvalue weighted by molar-refractivity contribution is 0.0782. The number of likely N-dealkylation sites (tertiary alicyclic amines) is 1. The molecule has 1 amide bonds. The van der Waals surface area contributed by atoms with Crippen LogP contribution in [-0.4, -0.2) is 44.5 Å². The molecule has 4 N–H and O–H groups in total. The van der Waals surface area contributed by atoms with E-state index in [-0.39, 0.29) is 11.9 Å². The molecule has 1 atom stereocenters. The van der Waals surface area contributed by atoms with Gasteiger partial charge in [0.25, 0.3) is 5.91 Å². The number of hydrogen-bond donors (Lipinski definition) is 2. The average molecular weight is 260 g/mol. The minimum Gasteiger partial charge on any atom is -0.383 e. The molecule has 0 aliphatic carbocycles. The van der Waals surface area contributed by atoms with Crippen molar-refractivity contribution < 1.29 is 4.79 Å². The summed E-state index contributed by atoms with van der Waals surface area (Å²) in [5.41, 5.74) is 12.9. The van der Waals surface area contributed by atoms with Gasteiger partial charge >= 0.3 is 0 Å². The van der Waals surface area contributed by atoms with E-state index >= 15 is 0 Å². The number of hydrogen-bond acceptors (Lipinski definition) is 5. The molecule has 2 aromatic heterocycles. The van der Waals surface area contributed by atoms with Crippen LogP contribution in [-0.2, 0) is 7.05 Å². The molecule has 0 aromatic carbocycles. The Labute approximate surface area is 110 Å². The molecule has 1 unspecified atom stereocenters. The van der Waals surface area contributed by atoms with E-state index in [0.717, 1.165) is 6.42 Å². The summed E-state index contributed by atoms with van der Waals surface area (Å²) in [5, 5.41) is 0.705. The molecule has 7 heteroatoms. The van der Waals surface area contributed by atoms with Crippen molar-refractivity contribution in [1.29, 1.82) is 0 Å². The Morgan fingerprint density at radius 1 is 1.47 bits per heavy atom. The normalized spacial score (nSPS) is 19.3. The van der Waals surface area contributed by atoms with E-state index in [2.05, 4.69) is 9.97 Å². The van der Waals surface area contributed by atoms with Gasteiger partial charge in [-0.3, -0.25) is 4.79 Å². The highest BCUT2D eigenvalue weighted by atomic mass is 16.2. The van der Waals surface area contributed by atoms with Crippen LogP contribution in [0.3, 0.4) is 0 Å². The lowest BCUT2D eigenvalue weighted by Gasteiger charge is -2.15. The zero-order valence-electron chi connectivity index (χ0n) is 10.7. The maximum absolute atomic E-state index is 12.5. The molecule has 1 fully saturated rings. The molecule has 100 valence electrons. The number of carbonyl (C=O) groups excluding carboxylic acids is 1. The first-order valence-corrected chi connectivity index (χ1v) is 6.18. The molecular formula is C12H16N6O. The number of fused-ring (bicyclic) bond motifs is 1. The highest BCUT2D eigenvalue weighted by molar-refractivity contribution is 6.00. The second-order valence-electron chi connectivity index (χ2n) is 4.88. The summed E-state index contributed by atoms with van der Waals surface area (Å²) >= 11 is 0. The molecule has 1 aliphatic rings. The van der Waals surface area contributed by atoms with Crippen LogP contribution in [0.15, 0.2) is 12.4 Å². The van der Waals surface area contributed by atoms with Gasteiger partial charge in [0.15, 0.2) is 0 Å². The molecular weight excluding hydrogens is 244 g/mol. The van der Waals surface area contributed by atoms with Gasteiger partial charge in [-0.15, -0.1) is 0 Å². The van der Waals surface area contributed by atoms with Crippen molar-refractivity contribution in [3.05, 3.63) is 18.1 Å². The van der Waals surface area contributed by atoms with Crippen molar-refractivity contribution in [3.8, 4) is 0 Å². The number of amides is 1. The number of nitrogen functional groups attached to an aromatic ring is 1. The van der Waals surface area contributed by atoms with E-state index in [9.17, 15) is 4.79 Å². The largest absolute Gasteiger partial charge is 0.383 e. The maximum Gasteiger partial charge on any atom is 0.270 e. The molecule has 1 saturated heterocycles. The molecule has 2 aromatic rings. The summed E-state index contributed by atoms with van der Waals surface area (Å²) in [6.45, 7) is 1.30. The monoisotopic (exact) mass is 260 g/mol. The Morgan fingerprint density at radius 2 is 2.26 bits per heavy atom. The van der Waals surface area contributed by atoms with Gasteiger partial charge in [0.05, 0.1) is 5.39 Å². The average Bonchev–Trinajstić information content (AvgIpc) is 2.95. The molecule has 3 heterocycles. The molecule has 1 aliphatic heterocycles. The van der Waals surface area contributed by atoms with Gasteiger partial charge in [0.1, 0.15) is 23.5 Å². The van der Waals surface area contributed by atoms with Gasteiger partial charge < -0.3 is 20.9 Å². The predicted molar refractivity (Wildman–Crippen MR) is 71.4 cm³/mol. The highest BCUT2D eigenvalue weighted by Crippen LogP contribution is 2.22. The lowest BCUT2D eigenvalue weighted by atomic mass is 10.3. The van der Waals surface area contributed by atoms with E-state index in [1.807, 2.05) is 0 Å². The fraction of sp³-hybridized carbons (Fsp3) is 0.417. The summed E-state index contributed by atoms with van der Waals surface area (Å²) in [6.07, 6.45) is 2.25. The van der Waals surface area contributed by atoms with Crippen LogP contribution < -0.4 is 11.5 Å². The zero-order chi connectivity index (χ0) is 13.6. The Hall–Kier alpha value is -2.15. The molecule has 7 nitrogen and oxygen atoms in total. The Balaban J connectivity index is 2.03. The first-order chi connectivity index (χ1) is 9.08. The van der Waals surface area contributed by atoms with Crippen LogP contribution in [0.2, 0.25) is 0 Å². The van der Waals surface area contributed by atoms with Crippen molar-refractivity contribution >= 4 is 22.8 Å². The number of nitrogens with two attached hydrogens (primary N) is 2. The van der Waals surface area contributed by atoms with Gasteiger partial charge in [-0.2, -0.15) is 0 Å². The second kappa shape index (κ2) is 4.20. The van der Waals surface area contributed by atoms with E-state index in [1.54, 1.807) is 22.6 Å². The quantitative estimate of drug-likeness (QED) is 0.734. The SMILES string of the molecule is Cn1c(C(=O)N2CCC(N)C2)cc2c(N)ncnc21. The maximum atomic E-state index is 12.5. The number of anilines is 1. The Bertz CT molecular complexity index is 649. The lowest BCUT2D eigenvalue weighted by Crippen LogP contribution is -2.32. The molecule has 0 saturated carbocycles. The first-order valence-electron chi connectivity index (χ1n) is 6.18. The van der Waals surface area contributed by atoms with E-state index in [0.29, 0.717) is 35.6 Å². The van der Waals surface area contributed by atoms with Crippen LogP contribution >= 0.6 is 0 Å². The van der Waals surface area contributed by atoms with Crippen LogP contribution in [0.1, 0.15) is 16.9 Å². The molecule has 19 heavy (non-hydrogen) atoms. The number of aromatic nitrogens is 3. The van der Waals surface area contributed by atoms with Crippen molar-refractivity contribution in [3.63, 3.8) is 0 Å². The van der Waals surface area contributed by atoms with E-state index < -0.39 is 0 Å². The smallest absolute Gasteiger partial charge is 0.270 e. The predicted octanol–water partition coefficient (Wildman–Crippen LogP) is -0.276. The third kappa shape index (κ3) is 1.82. The van der Waals surface area contributed by atoms with Crippen LogP contribution in [0.5, 0.6) is 0 Å². The van der Waals surface area contributed by atoms with Gasteiger partial charge in [0, 0.05) is 26.2 Å². The third-order valence-corrected chi connectivity index (χ3v) is 3.58. The van der Waals surface area contributed by atoms with Gasteiger partial charge in [-0.25, -0.2) is 9.97 Å².